The van der Waals surface area contributed by atoms with Crippen LogP contribution in [0.5, 0.6) is 11.5 Å². The molecule has 0 aliphatic carbocycles. The third-order valence-corrected chi connectivity index (χ3v) is 4.41. The second kappa shape index (κ2) is 6.65. The van der Waals surface area contributed by atoms with E-state index in [1.807, 2.05) is 36.4 Å². The van der Waals surface area contributed by atoms with Crippen molar-refractivity contribution in [1.29, 1.82) is 0 Å². The van der Waals surface area contributed by atoms with Crippen molar-refractivity contribution in [1.82, 2.24) is 15.0 Å². The lowest BCUT2D eigenvalue weighted by molar-refractivity contribution is 0.298. The van der Waals surface area contributed by atoms with E-state index in [2.05, 4.69) is 9.97 Å². The summed E-state index contributed by atoms with van der Waals surface area (Å²) in [7, 11) is 3.23. The average molecular weight is 349 g/mol. The Labute approximate surface area is 150 Å². The molecule has 2 N–H and O–H groups in total. The number of aliphatic hydroxyl groups is 1. The van der Waals surface area contributed by atoms with E-state index in [0.29, 0.717) is 23.7 Å². The molecule has 0 saturated heterocycles. The van der Waals surface area contributed by atoms with Crippen LogP contribution < -0.4 is 9.47 Å². The number of ether oxygens (including phenoxy) is 2. The van der Waals surface area contributed by atoms with Crippen LogP contribution in [0.2, 0.25) is 0 Å². The predicted molar refractivity (Wildman–Crippen MR) is 101 cm³/mol. The molecule has 26 heavy (non-hydrogen) atoms. The smallest absolute Gasteiger partial charge is 0.159 e. The van der Waals surface area contributed by atoms with E-state index in [-0.39, 0.29) is 6.61 Å². The van der Waals surface area contributed by atoms with Gasteiger partial charge in [-0.05, 0) is 24.3 Å². The van der Waals surface area contributed by atoms with Crippen LogP contribution >= 0.6 is 0 Å². The number of nitrogens with zero attached hydrogens (tertiary/aromatic N) is 2. The van der Waals surface area contributed by atoms with Crippen molar-refractivity contribution in [2.75, 3.05) is 20.8 Å². The molecule has 0 spiro atoms. The summed E-state index contributed by atoms with van der Waals surface area (Å²) in [5.41, 5.74) is 3.73. The topological polar surface area (TPSA) is 80.3 Å². The number of hydrogen-bond acceptors (Lipinski definition) is 5. The van der Waals surface area contributed by atoms with E-state index in [4.69, 9.17) is 19.6 Å². The average Bonchev–Trinajstić information content (AvgIpc) is 3.08. The minimum Gasteiger partial charge on any atom is -0.497 e. The van der Waals surface area contributed by atoms with Gasteiger partial charge in [0, 0.05) is 53.5 Å². The number of methoxy groups -OCH3 is 2. The van der Waals surface area contributed by atoms with Gasteiger partial charge in [0.15, 0.2) is 5.82 Å². The number of H-pyrrole nitrogens is 1. The van der Waals surface area contributed by atoms with Crippen molar-refractivity contribution < 1.29 is 14.6 Å². The van der Waals surface area contributed by atoms with E-state index in [9.17, 15) is 0 Å². The monoisotopic (exact) mass is 349 g/mol. The van der Waals surface area contributed by atoms with Crippen LogP contribution in [0.25, 0.3) is 33.2 Å². The Kier molecular flexibility index (Phi) is 4.18. The largest absolute Gasteiger partial charge is 0.497 e. The van der Waals surface area contributed by atoms with Crippen LogP contribution in [-0.2, 0) is 6.42 Å². The lowest BCUT2D eigenvalue weighted by atomic mass is 10.1. The van der Waals surface area contributed by atoms with Crippen molar-refractivity contribution >= 4 is 21.8 Å². The Morgan fingerprint density at radius 1 is 1.08 bits per heavy atom. The number of aromatic nitrogens is 3. The van der Waals surface area contributed by atoms with Gasteiger partial charge < -0.3 is 19.6 Å². The maximum absolute atomic E-state index is 9.10. The Bertz CT molecular complexity index is 1090. The molecule has 0 aliphatic rings. The number of aromatic amines is 1. The Hall–Kier alpha value is -3.12. The van der Waals surface area contributed by atoms with Crippen LogP contribution in [0.4, 0.5) is 0 Å². The van der Waals surface area contributed by atoms with Gasteiger partial charge in [-0.15, -0.1) is 0 Å². The zero-order valence-electron chi connectivity index (χ0n) is 14.6. The molecule has 0 aliphatic heterocycles. The highest BCUT2D eigenvalue weighted by Gasteiger charge is 2.10. The summed E-state index contributed by atoms with van der Waals surface area (Å²) in [4.78, 5) is 12.5. The molecule has 0 atom stereocenters. The predicted octanol–water partition coefficient (Wildman–Crippen LogP) is 3.33. The summed E-state index contributed by atoms with van der Waals surface area (Å²) in [6, 6.07) is 11.8. The molecule has 2 aromatic carbocycles. The zero-order chi connectivity index (χ0) is 18.1. The van der Waals surface area contributed by atoms with Gasteiger partial charge >= 0.3 is 0 Å². The number of nitrogens with one attached hydrogen (secondary N) is 1. The quantitative estimate of drug-likeness (QED) is 0.578. The van der Waals surface area contributed by atoms with Crippen LogP contribution in [0.15, 0.2) is 42.6 Å². The van der Waals surface area contributed by atoms with Crippen molar-refractivity contribution in [2.45, 2.75) is 6.42 Å². The summed E-state index contributed by atoms with van der Waals surface area (Å²) >= 11 is 0. The van der Waals surface area contributed by atoms with Gasteiger partial charge in [-0.1, -0.05) is 0 Å². The molecular formula is C20H19N3O3. The van der Waals surface area contributed by atoms with Crippen molar-refractivity contribution in [3.8, 4) is 22.9 Å². The van der Waals surface area contributed by atoms with Crippen molar-refractivity contribution in [3.63, 3.8) is 0 Å². The fourth-order valence-corrected chi connectivity index (χ4v) is 3.09. The summed E-state index contributed by atoms with van der Waals surface area (Å²) in [5.74, 6) is 2.01. The van der Waals surface area contributed by atoms with E-state index < -0.39 is 0 Å². The Balaban J connectivity index is 1.81. The van der Waals surface area contributed by atoms with Crippen LogP contribution in [0.3, 0.4) is 0 Å². The lowest BCUT2D eigenvalue weighted by Crippen LogP contribution is -1.94. The summed E-state index contributed by atoms with van der Waals surface area (Å²) in [6.07, 6.45) is 2.38. The van der Waals surface area contributed by atoms with E-state index in [1.165, 1.54) is 0 Å². The molecule has 6 nitrogen and oxygen atoms in total. The van der Waals surface area contributed by atoms with E-state index >= 15 is 0 Å². The molecule has 6 heteroatoms. The standard InChI is InChI=1S/C20H19N3O3/c1-25-15-9-18-16(19(10-15)26-2)11-21-20(23-18)12-3-4-17-13(7-12)8-14(22-17)5-6-24/h3-4,7-11,22,24H,5-6H2,1-2H3. The molecule has 0 bridgehead atoms. The molecule has 0 radical (unpaired) electrons. The number of rotatable bonds is 5. The highest BCUT2D eigenvalue weighted by molar-refractivity contribution is 5.89. The van der Waals surface area contributed by atoms with Gasteiger partial charge in [0.05, 0.1) is 25.1 Å². The van der Waals surface area contributed by atoms with Gasteiger partial charge in [0.25, 0.3) is 0 Å². The second-order valence-corrected chi connectivity index (χ2v) is 6.03. The van der Waals surface area contributed by atoms with Gasteiger partial charge in [0.1, 0.15) is 11.5 Å². The molecule has 0 amide bonds. The van der Waals surface area contributed by atoms with Crippen LogP contribution in [0, 0.1) is 0 Å². The highest BCUT2D eigenvalue weighted by Crippen LogP contribution is 2.31. The first-order valence-electron chi connectivity index (χ1n) is 8.33. The summed E-state index contributed by atoms with van der Waals surface area (Å²) < 4.78 is 10.7. The normalized spacial score (nSPS) is 11.2. The molecule has 4 aromatic rings. The molecule has 4 rings (SSSR count). The summed E-state index contributed by atoms with van der Waals surface area (Å²) in [5, 5.41) is 11.0. The minimum absolute atomic E-state index is 0.122. The molecule has 132 valence electrons. The third kappa shape index (κ3) is 2.84. The van der Waals surface area contributed by atoms with Crippen LogP contribution in [-0.4, -0.2) is 40.9 Å². The van der Waals surface area contributed by atoms with E-state index in [1.54, 1.807) is 20.4 Å². The maximum atomic E-state index is 9.10. The molecule has 0 fully saturated rings. The second-order valence-electron chi connectivity index (χ2n) is 6.03. The van der Waals surface area contributed by atoms with Gasteiger partial charge in [-0.25, -0.2) is 9.97 Å². The molecule has 2 heterocycles. The van der Waals surface area contributed by atoms with Gasteiger partial charge in [-0.3, -0.25) is 0 Å². The lowest BCUT2D eigenvalue weighted by Gasteiger charge is -2.09. The summed E-state index contributed by atoms with van der Waals surface area (Å²) in [6.45, 7) is 0.122. The van der Waals surface area contributed by atoms with Gasteiger partial charge in [-0.2, -0.15) is 0 Å². The molecule has 0 unspecified atom stereocenters. The molecule has 0 saturated carbocycles. The van der Waals surface area contributed by atoms with E-state index in [0.717, 1.165) is 33.1 Å². The first-order valence-corrected chi connectivity index (χ1v) is 8.33. The fourth-order valence-electron chi connectivity index (χ4n) is 3.09. The minimum atomic E-state index is 0.122. The van der Waals surface area contributed by atoms with Crippen LogP contribution in [0.1, 0.15) is 5.69 Å². The fraction of sp³-hybridized carbons (Fsp3) is 0.200. The number of benzene rings is 2. The Morgan fingerprint density at radius 3 is 2.73 bits per heavy atom. The number of fused-ring (bicyclic) bond motifs is 2. The maximum Gasteiger partial charge on any atom is 0.159 e. The number of aliphatic hydroxyl groups excluding tert-OH is 1. The molecule has 2 aromatic heterocycles. The zero-order valence-corrected chi connectivity index (χ0v) is 14.6. The molecular weight excluding hydrogens is 330 g/mol. The van der Waals surface area contributed by atoms with Crippen molar-refractivity contribution in [2.24, 2.45) is 0 Å². The Morgan fingerprint density at radius 2 is 1.96 bits per heavy atom. The first-order chi connectivity index (χ1) is 12.7. The first kappa shape index (κ1) is 16.4. The van der Waals surface area contributed by atoms with Gasteiger partial charge in [0.2, 0.25) is 0 Å². The SMILES string of the molecule is COc1cc(OC)c2cnc(-c3ccc4[nH]c(CCO)cc4c3)nc2c1. The third-order valence-electron chi connectivity index (χ3n) is 4.41. The highest BCUT2D eigenvalue weighted by atomic mass is 16.5. The number of hydrogen-bond donors (Lipinski definition) is 2. The van der Waals surface area contributed by atoms with Crippen molar-refractivity contribution in [3.05, 3.63) is 48.3 Å².